The normalized spacial score (nSPS) is 19.0. The van der Waals surface area contributed by atoms with E-state index in [0.717, 1.165) is 18.9 Å². The summed E-state index contributed by atoms with van der Waals surface area (Å²) in [6.07, 6.45) is 9.47. The van der Waals surface area contributed by atoms with Crippen LogP contribution < -0.4 is 5.73 Å². The fraction of sp³-hybridized carbons (Fsp3) is 0.929. The molecule has 100 valence electrons. The molecule has 0 aromatic carbocycles. The fourth-order valence-corrected chi connectivity index (χ4v) is 2.52. The van der Waals surface area contributed by atoms with E-state index in [1.54, 1.807) is 0 Å². The largest absolute Gasteiger partial charge is 0.346 e. The van der Waals surface area contributed by atoms with Crippen LogP contribution in [0.25, 0.3) is 0 Å². The van der Waals surface area contributed by atoms with Gasteiger partial charge in [0.15, 0.2) is 0 Å². The van der Waals surface area contributed by atoms with Crippen LogP contribution in [0.15, 0.2) is 0 Å². The third-order valence-electron chi connectivity index (χ3n) is 3.84. The molecule has 0 aromatic rings. The Kier molecular flexibility index (Phi) is 6.56. The average Bonchev–Trinajstić information content (AvgIpc) is 2.34. The zero-order valence-electron chi connectivity index (χ0n) is 11.5. The highest BCUT2D eigenvalue weighted by atomic mass is 16.2. The van der Waals surface area contributed by atoms with Gasteiger partial charge in [0.2, 0.25) is 5.91 Å². The summed E-state index contributed by atoms with van der Waals surface area (Å²) in [4.78, 5) is 13.7. The number of rotatable bonds is 6. The molecule has 1 aliphatic rings. The number of hydrogen-bond donors (Lipinski definition) is 1. The topological polar surface area (TPSA) is 46.3 Å². The molecule has 0 aliphatic heterocycles. The van der Waals surface area contributed by atoms with Crippen molar-refractivity contribution in [3.8, 4) is 0 Å². The SMILES string of the molecule is CC(N)CCC(=O)N(C)CCC1CCCCC1. The van der Waals surface area contributed by atoms with Gasteiger partial charge in [0, 0.05) is 26.1 Å². The molecule has 1 fully saturated rings. The molecular weight excluding hydrogens is 212 g/mol. The van der Waals surface area contributed by atoms with E-state index < -0.39 is 0 Å². The number of nitrogens with two attached hydrogens (primary N) is 1. The summed E-state index contributed by atoms with van der Waals surface area (Å²) in [5.74, 6) is 1.10. The second kappa shape index (κ2) is 7.70. The maximum absolute atomic E-state index is 11.8. The molecule has 17 heavy (non-hydrogen) atoms. The Morgan fingerprint density at radius 1 is 1.35 bits per heavy atom. The summed E-state index contributed by atoms with van der Waals surface area (Å²) in [5, 5.41) is 0. The minimum Gasteiger partial charge on any atom is -0.346 e. The van der Waals surface area contributed by atoms with E-state index in [2.05, 4.69) is 0 Å². The minimum absolute atomic E-state index is 0.130. The van der Waals surface area contributed by atoms with Crippen LogP contribution in [-0.2, 0) is 4.79 Å². The van der Waals surface area contributed by atoms with Gasteiger partial charge in [0.1, 0.15) is 0 Å². The van der Waals surface area contributed by atoms with Gasteiger partial charge in [-0.25, -0.2) is 0 Å². The van der Waals surface area contributed by atoms with E-state index in [-0.39, 0.29) is 11.9 Å². The van der Waals surface area contributed by atoms with Crippen molar-refractivity contribution in [1.82, 2.24) is 4.90 Å². The molecule has 0 bridgehead atoms. The van der Waals surface area contributed by atoms with Gasteiger partial charge in [-0.2, -0.15) is 0 Å². The molecule has 3 heteroatoms. The van der Waals surface area contributed by atoms with Gasteiger partial charge in [0.05, 0.1) is 0 Å². The molecule has 1 amide bonds. The van der Waals surface area contributed by atoms with E-state index in [1.165, 1.54) is 38.5 Å². The zero-order chi connectivity index (χ0) is 12.7. The molecule has 1 unspecified atom stereocenters. The number of hydrogen-bond acceptors (Lipinski definition) is 2. The van der Waals surface area contributed by atoms with Gasteiger partial charge in [0.25, 0.3) is 0 Å². The highest BCUT2D eigenvalue weighted by molar-refractivity contribution is 5.75. The Bertz CT molecular complexity index is 222. The molecule has 1 aliphatic carbocycles. The molecule has 0 heterocycles. The van der Waals surface area contributed by atoms with Gasteiger partial charge < -0.3 is 10.6 Å². The molecule has 0 saturated heterocycles. The summed E-state index contributed by atoms with van der Waals surface area (Å²) < 4.78 is 0. The lowest BCUT2D eigenvalue weighted by atomic mass is 9.87. The first-order chi connectivity index (χ1) is 8.09. The van der Waals surface area contributed by atoms with Gasteiger partial charge >= 0.3 is 0 Å². The second-order valence-electron chi connectivity index (χ2n) is 5.62. The van der Waals surface area contributed by atoms with Crippen molar-refractivity contribution in [2.75, 3.05) is 13.6 Å². The maximum Gasteiger partial charge on any atom is 0.222 e. The first-order valence-corrected chi connectivity index (χ1v) is 7.09. The Hall–Kier alpha value is -0.570. The molecule has 1 rings (SSSR count). The van der Waals surface area contributed by atoms with Gasteiger partial charge in [-0.1, -0.05) is 32.1 Å². The first kappa shape index (κ1) is 14.5. The molecule has 1 saturated carbocycles. The maximum atomic E-state index is 11.8. The third-order valence-corrected chi connectivity index (χ3v) is 3.84. The van der Waals surface area contributed by atoms with E-state index in [0.29, 0.717) is 6.42 Å². The van der Waals surface area contributed by atoms with Gasteiger partial charge in [-0.15, -0.1) is 0 Å². The highest BCUT2D eigenvalue weighted by Crippen LogP contribution is 2.26. The lowest BCUT2D eigenvalue weighted by molar-refractivity contribution is -0.130. The third kappa shape index (κ3) is 6.06. The molecule has 3 nitrogen and oxygen atoms in total. The summed E-state index contributed by atoms with van der Waals surface area (Å²) in [6, 6.07) is 0.130. The Labute approximate surface area is 106 Å². The number of nitrogens with zero attached hydrogens (tertiary/aromatic N) is 1. The Morgan fingerprint density at radius 2 is 2.00 bits per heavy atom. The predicted octanol–water partition coefficient (Wildman–Crippen LogP) is 2.54. The predicted molar refractivity (Wildman–Crippen MR) is 71.7 cm³/mol. The lowest BCUT2D eigenvalue weighted by Gasteiger charge is -2.24. The van der Waals surface area contributed by atoms with Crippen LogP contribution in [0, 0.1) is 5.92 Å². The van der Waals surface area contributed by atoms with Crippen molar-refractivity contribution in [3.63, 3.8) is 0 Å². The van der Waals surface area contributed by atoms with E-state index in [4.69, 9.17) is 5.73 Å². The van der Waals surface area contributed by atoms with E-state index in [1.807, 2.05) is 18.9 Å². The lowest BCUT2D eigenvalue weighted by Crippen LogP contribution is -2.30. The van der Waals surface area contributed by atoms with Crippen molar-refractivity contribution in [1.29, 1.82) is 0 Å². The summed E-state index contributed by atoms with van der Waals surface area (Å²) in [7, 11) is 1.92. The second-order valence-corrected chi connectivity index (χ2v) is 5.62. The zero-order valence-corrected chi connectivity index (χ0v) is 11.5. The van der Waals surface area contributed by atoms with Crippen LogP contribution in [0.2, 0.25) is 0 Å². The van der Waals surface area contributed by atoms with Crippen LogP contribution >= 0.6 is 0 Å². The van der Waals surface area contributed by atoms with Crippen molar-refractivity contribution in [3.05, 3.63) is 0 Å². The summed E-state index contributed by atoms with van der Waals surface area (Å²) >= 11 is 0. The Balaban J connectivity index is 2.14. The Morgan fingerprint density at radius 3 is 2.59 bits per heavy atom. The highest BCUT2D eigenvalue weighted by Gasteiger charge is 2.15. The molecular formula is C14H28N2O. The van der Waals surface area contributed by atoms with Crippen LogP contribution in [0.3, 0.4) is 0 Å². The average molecular weight is 240 g/mol. The van der Waals surface area contributed by atoms with E-state index in [9.17, 15) is 4.79 Å². The molecule has 2 N–H and O–H groups in total. The van der Waals surface area contributed by atoms with Crippen LogP contribution in [0.4, 0.5) is 0 Å². The number of amides is 1. The standard InChI is InChI=1S/C14H28N2O/c1-12(15)8-9-14(17)16(2)11-10-13-6-4-3-5-7-13/h12-13H,3-11,15H2,1-2H3. The quantitative estimate of drug-likeness (QED) is 0.775. The van der Waals surface area contributed by atoms with Crippen molar-refractivity contribution >= 4 is 5.91 Å². The minimum atomic E-state index is 0.130. The molecule has 0 spiro atoms. The van der Waals surface area contributed by atoms with Crippen LogP contribution in [-0.4, -0.2) is 30.4 Å². The summed E-state index contributed by atoms with van der Waals surface area (Å²) in [5.41, 5.74) is 5.66. The fourth-order valence-electron chi connectivity index (χ4n) is 2.52. The monoisotopic (exact) mass is 240 g/mol. The van der Waals surface area contributed by atoms with Crippen molar-refractivity contribution in [2.24, 2.45) is 11.7 Å². The molecule has 1 atom stereocenters. The van der Waals surface area contributed by atoms with Crippen LogP contribution in [0.5, 0.6) is 0 Å². The van der Waals surface area contributed by atoms with Crippen molar-refractivity contribution < 1.29 is 4.79 Å². The molecule has 0 radical (unpaired) electrons. The van der Waals surface area contributed by atoms with Crippen LogP contribution in [0.1, 0.15) is 58.3 Å². The molecule has 0 aromatic heterocycles. The number of carbonyl (C=O) groups is 1. The first-order valence-electron chi connectivity index (χ1n) is 7.09. The van der Waals surface area contributed by atoms with Crippen molar-refractivity contribution in [2.45, 2.75) is 64.3 Å². The summed E-state index contributed by atoms with van der Waals surface area (Å²) in [6.45, 7) is 2.87. The van der Waals surface area contributed by atoms with Gasteiger partial charge in [-0.3, -0.25) is 4.79 Å². The van der Waals surface area contributed by atoms with Gasteiger partial charge in [-0.05, 0) is 25.7 Å². The van der Waals surface area contributed by atoms with E-state index >= 15 is 0 Å². The number of carbonyl (C=O) groups excluding carboxylic acids is 1. The smallest absolute Gasteiger partial charge is 0.222 e.